The van der Waals surface area contributed by atoms with Gasteiger partial charge in [0.05, 0.1) is 7.11 Å². The first-order valence-corrected chi connectivity index (χ1v) is 8.50. The van der Waals surface area contributed by atoms with Crippen molar-refractivity contribution in [3.63, 3.8) is 0 Å². The van der Waals surface area contributed by atoms with Crippen molar-refractivity contribution in [3.8, 4) is 5.75 Å². The molecule has 20 heavy (non-hydrogen) atoms. The molecular weight excluding hydrogens is 274 g/mol. The van der Waals surface area contributed by atoms with Gasteiger partial charge in [0.1, 0.15) is 10.6 Å². The first-order chi connectivity index (χ1) is 9.31. The van der Waals surface area contributed by atoms with Gasteiger partial charge in [0, 0.05) is 6.04 Å². The lowest BCUT2D eigenvalue weighted by Gasteiger charge is -2.17. The van der Waals surface area contributed by atoms with E-state index < -0.39 is 10.0 Å². The molecule has 0 spiro atoms. The van der Waals surface area contributed by atoms with Crippen molar-refractivity contribution in [1.29, 1.82) is 0 Å². The molecule has 0 unspecified atom stereocenters. The van der Waals surface area contributed by atoms with E-state index in [2.05, 4.69) is 4.72 Å². The monoisotopic (exact) mass is 299 g/mol. The van der Waals surface area contributed by atoms with Crippen molar-refractivity contribution >= 4 is 10.0 Å². The molecule has 0 bridgehead atoms. The summed E-state index contributed by atoms with van der Waals surface area (Å²) in [5.74, 6) is 0.647. The Bertz CT molecular complexity index is 538. The minimum atomic E-state index is -3.56. The van der Waals surface area contributed by atoms with E-state index in [1.54, 1.807) is 12.1 Å². The summed E-state index contributed by atoms with van der Waals surface area (Å²) in [5, 5.41) is 0. The Morgan fingerprint density at radius 3 is 2.40 bits per heavy atom. The van der Waals surface area contributed by atoms with Gasteiger partial charge in [0.25, 0.3) is 0 Å². The first-order valence-electron chi connectivity index (χ1n) is 7.02. The standard InChI is InChI=1S/C15H25NO3S/c1-6-7-12(4)16-20(17,18)15-10-13(11(2)3)8-9-14(15)19-5/h8-12,16H,6-7H2,1-5H3/t12-/m1/s1. The van der Waals surface area contributed by atoms with Crippen LogP contribution in [0, 0.1) is 0 Å². The summed E-state index contributed by atoms with van der Waals surface area (Å²) in [5.41, 5.74) is 0.981. The molecule has 114 valence electrons. The van der Waals surface area contributed by atoms with Gasteiger partial charge in [-0.15, -0.1) is 0 Å². The molecule has 0 saturated heterocycles. The maximum Gasteiger partial charge on any atom is 0.244 e. The van der Waals surface area contributed by atoms with E-state index >= 15 is 0 Å². The Balaban J connectivity index is 3.18. The van der Waals surface area contributed by atoms with Gasteiger partial charge in [-0.1, -0.05) is 33.3 Å². The van der Waals surface area contributed by atoms with Crippen LogP contribution in [0.1, 0.15) is 52.0 Å². The van der Waals surface area contributed by atoms with Crippen LogP contribution in [0.2, 0.25) is 0 Å². The fourth-order valence-corrected chi connectivity index (χ4v) is 3.56. The number of hydrogen-bond acceptors (Lipinski definition) is 3. The van der Waals surface area contributed by atoms with Crippen LogP contribution < -0.4 is 9.46 Å². The average molecular weight is 299 g/mol. The number of methoxy groups -OCH3 is 1. The summed E-state index contributed by atoms with van der Waals surface area (Å²) < 4.78 is 32.9. The van der Waals surface area contributed by atoms with Crippen LogP contribution in [-0.4, -0.2) is 21.6 Å². The van der Waals surface area contributed by atoms with Gasteiger partial charge in [0.15, 0.2) is 0 Å². The Labute approximate surface area is 122 Å². The van der Waals surface area contributed by atoms with E-state index in [0.29, 0.717) is 5.75 Å². The Hall–Kier alpha value is -1.07. The summed E-state index contributed by atoms with van der Waals surface area (Å²) in [6, 6.07) is 5.23. The van der Waals surface area contributed by atoms with Crippen molar-refractivity contribution in [3.05, 3.63) is 23.8 Å². The lowest BCUT2D eigenvalue weighted by molar-refractivity contribution is 0.401. The second-order valence-electron chi connectivity index (χ2n) is 5.38. The van der Waals surface area contributed by atoms with Crippen molar-refractivity contribution in [2.24, 2.45) is 0 Å². The third kappa shape index (κ3) is 4.21. The van der Waals surface area contributed by atoms with Crippen LogP contribution >= 0.6 is 0 Å². The summed E-state index contributed by atoms with van der Waals surface area (Å²) in [4.78, 5) is 0.217. The van der Waals surface area contributed by atoms with E-state index in [9.17, 15) is 8.42 Å². The molecule has 1 atom stereocenters. The normalized spacial score (nSPS) is 13.5. The molecule has 0 amide bonds. The van der Waals surface area contributed by atoms with E-state index in [0.717, 1.165) is 18.4 Å². The minimum absolute atomic E-state index is 0.0857. The van der Waals surface area contributed by atoms with E-state index in [4.69, 9.17) is 4.74 Å². The van der Waals surface area contributed by atoms with Crippen LogP contribution in [0.15, 0.2) is 23.1 Å². The van der Waals surface area contributed by atoms with Crippen LogP contribution in [0.4, 0.5) is 0 Å². The smallest absolute Gasteiger partial charge is 0.244 e. The molecule has 0 radical (unpaired) electrons. The van der Waals surface area contributed by atoms with Crippen molar-refractivity contribution < 1.29 is 13.2 Å². The van der Waals surface area contributed by atoms with E-state index in [1.165, 1.54) is 7.11 Å². The van der Waals surface area contributed by atoms with Gasteiger partial charge in [-0.3, -0.25) is 0 Å². The summed E-state index contributed by atoms with van der Waals surface area (Å²) in [6.07, 6.45) is 1.75. The van der Waals surface area contributed by atoms with Gasteiger partial charge in [-0.25, -0.2) is 13.1 Å². The molecule has 0 fully saturated rings. The van der Waals surface area contributed by atoms with Crippen molar-refractivity contribution in [2.75, 3.05) is 7.11 Å². The van der Waals surface area contributed by atoms with Gasteiger partial charge in [-0.05, 0) is 37.0 Å². The Morgan fingerprint density at radius 1 is 1.25 bits per heavy atom. The predicted molar refractivity (Wildman–Crippen MR) is 81.8 cm³/mol. The average Bonchev–Trinajstić information content (AvgIpc) is 2.37. The van der Waals surface area contributed by atoms with Crippen LogP contribution in [0.5, 0.6) is 5.75 Å². The third-order valence-corrected chi connectivity index (χ3v) is 4.83. The maximum absolute atomic E-state index is 12.5. The summed E-state index contributed by atoms with van der Waals surface area (Å²) in [6.45, 7) is 7.97. The molecular formula is C15H25NO3S. The fourth-order valence-electron chi connectivity index (χ4n) is 2.08. The molecule has 0 aliphatic carbocycles. The van der Waals surface area contributed by atoms with E-state index in [1.807, 2.05) is 33.8 Å². The second kappa shape index (κ2) is 7.09. The highest BCUT2D eigenvalue weighted by atomic mass is 32.2. The van der Waals surface area contributed by atoms with Crippen molar-refractivity contribution in [2.45, 2.75) is 57.4 Å². The van der Waals surface area contributed by atoms with Gasteiger partial charge < -0.3 is 4.74 Å². The number of ether oxygens (including phenoxy) is 1. The van der Waals surface area contributed by atoms with Crippen LogP contribution in [0.3, 0.4) is 0 Å². The number of sulfonamides is 1. The Kier molecular flexibility index (Phi) is 6.02. The minimum Gasteiger partial charge on any atom is -0.495 e. The third-order valence-electron chi connectivity index (χ3n) is 3.22. The highest BCUT2D eigenvalue weighted by Crippen LogP contribution is 2.28. The van der Waals surface area contributed by atoms with Gasteiger partial charge in [0.2, 0.25) is 10.0 Å². The SMILES string of the molecule is CCC[C@@H](C)NS(=O)(=O)c1cc(C(C)C)ccc1OC. The molecule has 0 aliphatic heterocycles. The van der Waals surface area contributed by atoms with Crippen LogP contribution in [0.25, 0.3) is 0 Å². The molecule has 0 aliphatic rings. The largest absolute Gasteiger partial charge is 0.495 e. The summed E-state index contributed by atoms with van der Waals surface area (Å²) >= 11 is 0. The number of benzene rings is 1. The zero-order chi connectivity index (χ0) is 15.3. The molecule has 4 nitrogen and oxygen atoms in total. The highest BCUT2D eigenvalue weighted by molar-refractivity contribution is 7.89. The topological polar surface area (TPSA) is 55.4 Å². The molecule has 0 aromatic heterocycles. The molecule has 1 aromatic carbocycles. The molecule has 0 heterocycles. The molecule has 1 aromatic rings. The molecule has 0 saturated carbocycles. The lowest BCUT2D eigenvalue weighted by Crippen LogP contribution is -2.32. The second-order valence-corrected chi connectivity index (χ2v) is 7.06. The summed E-state index contributed by atoms with van der Waals surface area (Å²) in [7, 11) is -2.07. The number of nitrogens with one attached hydrogen (secondary N) is 1. The van der Waals surface area contributed by atoms with Crippen molar-refractivity contribution in [1.82, 2.24) is 4.72 Å². The van der Waals surface area contributed by atoms with Gasteiger partial charge in [-0.2, -0.15) is 0 Å². The number of rotatable bonds is 7. The predicted octanol–water partition coefficient (Wildman–Crippen LogP) is 3.29. The zero-order valence-electron chi connectivity index (χ0n) is 12.9. The maximum atomic E-state index is 12.5. The molecule has 1 N–H and O–H groups in total. The fraction of sp³-hybridized carbons (Fsp3) is 0.600. The number of hydrogen-bond donors (Lipinski definition) is 1. The quantitative estimate of drug-likeness (QED) is 0.840. The van der Waals surface area contributed by atoms with E-state index in [-0.39, 0.29) is 16.9 Å². The molecule has 5 heteroatoms. The lowest BCUT2D eigenvalue weighted by atomic mass is 10.0. The first kappa shape index (κ1) is 17.0. The Morgan fingerprint density at radius 2 is 1.90 bits per heavy atom. The zero-order valence-corrected chi connectivity index (χ0v) is 13.8. The highest BCUT2D eigenvalue weighted by Gasteiger charge is 2.22. The van der Waals surface area contributed by atoms with Gasteiger partial charge >= 0.3 is 0 Å². The molecule has 1 rings (SSSR count). The van der Waals surface area contributed by atoms with Crippen LogP contribution in [-0.2, 0) is 10.0 Å².